The Balaban J connectivity index is 1.84. The third kappa shape index (κ3) is 4.95. The van der Waals surface area contributed by atoms with Gasteiger partial charge in [0.1, 0.15) is 5.82 Å². The number of carbonyl (C=O) groups is 2. The van der Waals surface area contributed by atoms with Crippen LogP contribution in [0.4, 0.5) is 14.5 Å². The molecule has 0 aliphatic rings. The van der Waals surface area contributed by atoms with Gasteiger partial charge in [0.15, 0.2) is 11.6 Å². The highest BCUT2D eigenvalue weighted by molar-refractivity contribution is 5.98. The molecule has 1 N–H and O–H groups in total. The van der Waals surface area contributed by atoms with Crippen molar-refractivity contribution in [3.63, 3.8) is 0 Å². The maximum absolute atomic E-state index is 13.9. The molecule has 0 saturated heterocycles. The maximum Gasteiger partial charge on any atom is 0.339 e. The number of ether oxygens (including phenoxy) is 2. The van der Waals surface area contributed by atoms with Crippen molar-refractivity contribution in [1.82, 2.24) is 0 Å². The molecule has 0 fully saturated rings. The lowest BCUT2D eigenvalue weighted by Crippen LogP contribution is -2.26. The summed E-state index contributed by atoms with van der Waals surface area (Å²) in [6.45, 7) is 0. The molecule has 1 amide bonds. The zero-order valence-electron chi connectivity index (χ0n) is 15.4. The van der Waals surface area contributed by atoms with Crippen molar-refractivity contribution in [2.75, 3.05) is 12.4 Å². The fraction of sp³-hybridized carbons (Fsp3) is 0.0909. The number of halogens is 2. The standard InChI is InChI=1S/C22H17F2NO4/c1-28-19-12-7-15(13-18(19)24)22(27)29-20(14-5-3-2-4-6-14)21(26)25-17-10-8-16(23)9-11-17/h2-13,20H,1H3,(H,25,26)/t20-/m0/s1. The van der Waals surface area contributed by atoms with Gasteiger partial charge >= 0.3 is 5.97 Å². The summed E-state index contributed by atoms with van der Waals surface area (Å²) in [5, 5.41) is 2.58. The van der Waals surface area contributed by atoms with Gasteiger partial charge in [-0.2, -0.15) is 0 Å². The van der Waals surface area contributed by atoms with Crippen LogP contribution in [0.2, 0.25) is 0 Å². The van der Waals surface area contributed by atoms with Gasteiger partial charge in [0.05, 0.1) is 12.7 Å². The van der Waals surface area contributed by atoms with Crippen LogP contribution in [0.5, 0.6) is 5.75 Å². The van der Waals surface area contributed by atoms with Gasteiger partial charge in [-0.15, -0.1) is 0 Å². The highest BCUT2D eigenvalue weighted by Gasteiger charge is 2.26. The van der Waals surface area contributed by atoms with Gasteiger partial charge < -0.3 is 14.8 Å². The quantitative estimate of drug-likeness (QED) is 0.622. The van der Waals surface area contributed by atoms with Crippen molar-refractivity contribution in [3.05, 3.63) is 95.6 Å². The van der Waals surface area contributed by atoms with Crippen LogP contribution >= 0.6 is 0 Å². The molecule has 0 spiro atoms. The molecular weight excluding hydrogens is 380 g/mol. The van der Waals surface area contributed by atoms with Crippen molar-refractivity contribution in [3.8, 4) is 5.75 Å². The van der Waals surface area contributed by atoms with E-state index in [4.69, 9.17) is 9.47 Å². The Morgan fingerprint density at radius 2 is 1.62 bits per heavy atom. The van der Waals surface area contributed by atoms with Gasteiger partial charge in [0, 0.05) is 11.3 Å². The summed E-state index contributed by atoms with van der Waals surface area (Å²) in [6, 6.07) is 17.1. The second-order valence-electron chi connectivity index (χ2n) is 6.04. The fourth-order valence-corrected chi connectivity index (χ4v) is 2.61. The highest BCUT2D eigenvalue weighted by atomic mass is 19.1. The summed E-state index contributed by atoms with van der Waals surface area (Å²) in [6.07, 6.45) is -1.29. The van der Waals surface area contributed by atoms with Gasteiger partial charge in [-0.05, 0) is 42.5 Å². The number of benzene rings is 3. The maximum atomic E-state index is 13.9. The lowest BCUT2D eigenvalue weighted by Gasteiger charge is -2.18. The monoisotopic (exact) mass is 397 g/mol. The molecule has 29 heavy (non-hydrogen) atoms. The number of nitrogens with one attached hydrogen (secondary N) is 1. The summed E-state index contributed by atoms with van der Waals surface area (Å²) < 4.78 is 37.2. The largest absolute Gasteiger partial charge is 0.494 e. The molecule has 0 aromatic heterocycles. The lowest BCUT2D eigenvalue weighted by molar-refractivity contribution is -0.125. The molecule has 7 heteroatoms. The van der Waals surface area contributed by atoms with Crippen LogP contribution in [0, 0.1) is 11.6 Å². The molecule has 0 unspecified atom stereocenters. The average Bonchev–Trinajstić information content (AvgIpc) is 2.74. The number of hydrogen-bond acceptors (Lipinski definition) is 4. The van der Waals surface area contributed by atoms with E-state index in [1.165, 1.54) is 43.5 Å². The van der Waals surface area contributed by atoms with Crippen molar-refractivity contribution in [1.29, 1.82) is 0 Å². The fourth-order valence-electron chi connectivity index (χ4n) is 2.61. The van der Waals surface area contributed by atoms with Gasteiger partial charge in [0.25, 0.3) is 5.91 Å². The minimum atomic E-state index is -1.29. The summed E-state index contributed by atoms with van der Waals surface area (Å²) in [7, 11) is 1.31. The van der Waals surface area contributed by atoms with E-state index < -0.39 is 29.6 Å². The second-order valence-corrected chi connectivity index (χ2v) is 6.04. The van der Waals surface area contributed by atoms with Crippen molar-refractivity contribution < 1.29 is 27.8 Å². The first-order valence-electron chi connectivity index (χ1n) is 8.64. The normalized spacial score (nSPS) is 11.4. The number of amides is 1. The number of carbonyl (C=O) groups excluding carboxylic acids is 2. The van der Waals surface area contributed by atoms with Crippen LogP contribution in [-0.4, -0.2) is 19.0 Å². The Morgan fingerprint density at radius 1 is 0.931 bits per heavy atom. The van der Waals surface area contributed by atoms with Gasteiger partial charge in [-0.25, -0.2) is 13.6 Å². The lowest BCUT2D eigenvalue weighted by atomic mass is 10.1. The van der Waals surface area contributed by atoms with Crippen LogP contribution in [0.1, 0.15) is 22.0 Å². The summed E-state index contributed by atoms with van der Waals surface area (Å²) in [5.74, 6) is -2.71. The van der Waals surface area contributed by atoms with E-state index in [2.05, 4.69) is 5.32 Å². The highest BCUT2D eigenvalue weighted by Crippen LogP contribution is 2.24. The SMILES string of the molecule is COc1ccc(C(=O)O[C@H](C(=O)Nc2ccc(F)cc2)c2ccccc2)cc1F. The Bertz CT molecular complexity index is 1010. The van der Waals surface area contributed by atoms with E-state index in [0.717, 1.165) is 6.07 Å². The van der Waals surface area contributed by atoms with Gasteiger partial charge in [-0.1, -0.05) is 30.3 Å². The molecule has 0 bridgehead atoms. The number of hydrogen-bond donors (Lipinski definition) is 1. The van der Waals surface area contributed by atoms with Crippen molar-refractivity contribution in [2.45, 2.75) is 6.10 Å². The van der Waals surface area contributed by atoms with E-state index in [1.807, 2.05) is 0 Å². The van der Waals surface area contributed by atoms with Gasteiger partial charge in [0.2, 0.25) is 6.10 Å². The van der Waals surface area contributed by atoms with E-state index in [-0.39, 0.29) is 11.3 Å². The molecule has 0 heterocycles. The van der Waals surface area contributed by atoms with Crippen LogP contribution in [0.15, 0.2) is 72.8 Å². The topological polar surface area (TPSA) is 64.6 Å². The summed E-state index contributed by atoms with van der Waals surface area (Å²) in [4.78, 5) is 25.3. The van der Waals surface area contributed by atoms with Crippen molar-refractivity contribution >= 4 is 17.6 Å². The molecule has 0 saturated carbocycles. The Morgan fingerprint density at radius 3 is 2.24 bits per heavy atom. The molecule has 148 valence electrons. The Kier molecular flexibility index (Phi) is 6.19. The first-order chi connectivity index (χ1) is 14.0. The molecule has 0 aliphatic heterocycles. The van der Waals surface area contributed by atoms with Crippen LogP contribution in [0.25, 0.3) is 0 Å². The third-order valence-corrected chi connectivity index (χ3v) is 4.06. The number of rotatable bonds is 6. The van der Waals surface area contributed by atoms with Crippen LogP contribution in [-0.2, 0) is 9.53 Å². The van der Waals surface area contributed by atoms with Gasteiger partial charge in [-0.3, -0.25) is 4.79 Å². The predicted molar refractivity (Wildman–Crippen MR) is 103 cm³/mol. The molecule has 0 aliphatic carbocycles. The predicted octanol–water partition coefficient (Wildman–Crippen LogP) is 4.51. The van der Waals surface area contributed by atoms with E-state index in [9.17, 15) is 18.4 Å². The molecular formula is C22H17F2NO4. The van der Waals surface area contributed by atoms with Crippen molar-refractivity contribution in [2.24, 2.45) is 0 Å². The zero-order chi connectivity index (χ0) is 20.8. The zero-order valence-corrected chi connectivity index (χ0v) is 15.4. The number of esters is 1. The Hall–Kier alpha value is -3.74. The molecule has 3 aromatic carbocycles. The van der Waals surface area contributed by atoms with Crippen LogP contribution < -0.4 is 10.1 Å². The first kappa shape index (κ1) is 20.0. The van der Waals surface area contributed by atoms with E-state index in [0.29, 0.717) is 11.3 Å². The third-order valence-electron chi connectivity index (χ3n) is 4.06. The van der Waals surface area contributed by atoms with E-state index >= 15 is 0 Å². The smallest absolute Gasteiger partial charge is 0.339 e. The Labute approximate surface area is 165 Å². The summed E-state index contributed by atoms with van der Waals surface area (Å²) >= 11 is 0. The van der Waals surface area contributed by atoms with E-state index in [1.54, 1.807) is 30.3 Å². The average molecular weight is 397 g/mol. The molecule has 0 radical (unpaired) electrons. The van der Waals surface area contributed by atoms with Crippen LogP contribution in [0.3, 0.4) is 0 Å². The first-order valence-corrected chi connectivity index (χ1v) is 8.64. The summed E-state index contributed by atoms with van der Waals surface area (Å²) in [5.41, 5.74) is 0.692. The minimum absolute atomic E-state index is 0.0183. The second kappa shape index (κ2) is 8.97. The molecule has 3 aromatic rings. The minimum Gasteiger partial charge on any atom is -0.494 e. The number of anilines is 1. The molecule has 3 rings (SSSR count). The molecule has 1 atom stereocenters. The number of methoxy groups -OCH3 is 1. The molecule has 5 nitrogen and oxygen atoms in total.